The molecule has 1 aliphatic heterocycles. The van der Waals surface area contributed by atoms with E-state index < -0.39 is 0 Å². The predicted octanol–water partition coefficient (Wildman–Crippen LogP) is 1.19. The molecule has 2 unspecified atom stereocenters. The van der Waals surface area contributed by atoms with Crippen LogP contribution in [0.4, 0.5) is 0 Å². The van der Waals surface area contributed by atoms with Crippen LogP contribution in [0.25, 0.3) is 0 Å². The Bertz CT molecular complexity index is 405. The molecule has 1 aromatic carbocycles. The van der Waals surface area contributed by atoms with Crippen LogP contribution in [0.3, 0.4) is 0 Å². The average Bonchev–Trinajstić information content (AvgIpc) is 2.28. The van der Waals surface area contributed by atoms with Gasteiger partial charge in [-0.25, -0.2) is 0 Å². The van der Waals surface area contributed by atoms with Gasteiger partial charge in [-0.2, -0.15) is 0 Å². The Morgan fingerprint density at radius 3 is 3.12 bits per heavy atom. The molecule has 1 saturated heterocycles. The number of hydrogen-bond donors (Lipinski definition) is 1. The van der Waals surface area contributed by atoms with E-state index in [0.29, 0.717) is 17.9 Å². The number of likely N-dealkylation sites (N-methyl/N-ethyl adjacent to an activating group) is 1. The summed E-state index contributed by atoms with van der Waals surface area (Å²) in [5.41, 5.74) is 2.36. The number of fused-ring (bicyclic) bond motifs is 2. The molecule has 3 heteroatoms. The second kappa shape index (κ2) is 3.75. The molecule has 16 heavy (non-hydrogen) atoms. The zero-order valence-electron chi connectivity index (χ0n) is 9.52. The maximum absolute atomic E-state index is 9.87. The topological polar surface area (TPSA) is 32.7 Å². The van der Waals surface area contributed by atoms with Gasteiger partial charge in [0.1, 0.15) is 5.75 Å². The Hall–Kier alpha value is -1.06. The number of phenols is 1. The molecule has 1 N–H and O–H groups in total. The second-order valence-corrected chi connectivity index (χ2v) is 4.78. The molecule has 1 fully saturated rings. The van der Waals surface area contributed by atoms with Crippen LogP contribution in [0.15, 0.2) is 18.2 Å². The van der Waals surface area contributed by atoms with Crippen molar-refractivity contribution < 1.29 is 9.84 Å². The molecule has 3 rings (SSSR count). The molecule has 1 heterocycles. The summed E-state index contributed by atoms with van der Waals surface area (Å²) < 4.78 is 5.83. The molecule has 0 aromatic heterocycles. The van der Waals surface area contributed by atoms with Crippen LogP contribution in [0.5, 0.6) is 5.75 Å². The Morgan fingerprint density at radius 2 is 2.25 bits per heavy atom. The van der Waals surface area contributed by atoms with Crippen molar-refractivity contribution in [1.29, 1.82) is 0 Å². The predicted molar refractivity (Wildman–Crippen MR) is 61.7 cm³/mol. The third-order valence-electron chi connectivity index (χ3n) is 3.85. The molecule has 2 atom stereocenters. The van der Waals surface area contributed by atoms with E-state index >= 15 is 0 Å². The summed E-state index contributed by atoms with van der Waals surface area (Å²) in [6.07, 6.45) is 2.13. The molecule has 1 aromatic rings. The van der Waals surface area contributed by atoms with Crippen LogP contribution in [0, 0.1) is 0 Å². The van der Waals surface area contributed by atoms with Gasteiger partial charge in [-0.3, -0.25) is 4.90 Å². The first-order chi connectivity index (χ1) is 7.75. The van der Waals surface area contributed by atoms with Gasteiger partial charge in [0.15, 0.2) is 0 Å². The molecule has 0 bridgehead atoms. The van der Waals surface area contributed by atoms with Gasteiger partial charge in [0, 0.05) is 19.0 Å². The lowest BCUT2D eigenvalue weighted by atomic mass is 9.84. The van der Waals surface area contributed by atoms with E-state index in [1.807, 2.05) is 6.07 Å². The molecule has 1 aliphatic carbocycles. The zero-order valence-corrected chi connectivity index (χ0v) is 9.52. The monoisotopic (exact) mass is 219 g/mol. The number of nitrogens with zero attached hydrogens (tertiary/aromatic N) is 1. The third kappa shape index (κ3) is 1.51. The minimum Gasteiger partial charge on any atom is -0.508 e. The molecule has 2 aliphatic rings. The lowest BCUT2D eigenvalue weighted by molar-refractivity contribution is -0.0645. The van der Waals surface area contributed by atoms with Crippen molar-refractivity contribution in [2.24, 2.45) is 0 Å². The first-order valence-corrected chi connectivity index (χ1v) is 5.87. The second-order valence-electron chi connectivity index (χ2n) is 4.78. The van der Waals surface area contributed by atoms with E-state index in [2.05, 4.69) is 18.0 Å². The Labute approximate surface area is 95.6 Å². The molecule has 0 amide bonds. The fraction of sp³-hybridized carbons (Fsp3) is 0.538. The highest BCUT2D eigenvalue weighted by molar-refractivity contribution is 5.42. The lowest BCUT2D eigenvalue weighted by Gasteiger charge is -2.42. The number of ether oxygens (including phenoxy) is 1. The molecule has 86 valence electrons. The maximum atomic E-state index is 9.87. The summed E-state index contributed by atoms with van der Waals surface area (Å²) in [6, 6.07) is 6.22. The van der Waals surface area contributed by atoms with Crippen LogP contribution < -0.4 is 0 Å². The van der Waals surface area contributed by atoms with Crippen molar-refractivity contribution in [1.82, 2.24) is 4.90 Å². The van der Waals surface area contributed by atoms with Crippen molar-refractivity contribution in [2.45, 2.75) is 25.0 Å². The van der Waals surface area contributed by atoms with Gasteiger partial charge in [0.2, 0.25) is 0 Å². The fourth-order valence-electron chi connectivity index (χ4n) is 2.86. The van der Waals surface area contributed by atoms with E-state index in [9.17, 15) is 5.11 Å². The zero-order chi connectivity index (χ0) is 11.1. The van der Waals surface area contributed by atoms with Gasteiger partial charge in [0.05, 0.1) is 12.7 Å². The molecule has 0 spiro atoms. The highest BCUT2D eigenvalue weighted by atomic mass is 16.5. The molecule has 3 nitrogen and oxygen atoms in total. The van der Waals surface area contributed by atoms with Gasteiger partial charge >= 0.3 is 0 Å². The van der Waals surface area contributed by atoms with E-state index in [-0.39, 0.29) is 0 Å². The molecule has 0 saturated carbocycles. The highest BCUT2D eigenvalue weighted by Crippen LogP contribution is 2.33. The van der Waals surface area contributed by atoms with E-state index in [4.69, 9.17) is 4.74 Å². The summed E-state index contributed by atoms with van der Waals surface area (Å²) in [6.45, 7) is 1.82. The van der Waals surface area contributed by atoms with Crippen LogP contribution >= 0.6 is 0 Å². The number of rotatable bonds is 0. The summed E-state index contributed by atoms with van der Waals surface area (Å²) in [4.78, 5) is 2.35. The number of hydrogen-bond acceptors (Lipinski definition) is 3. The van der Waals surface area contributed by atoms with Crippen molar-refractivity contribution in [3.8, 4) is 5.75 Å². The summed E-state index contributed by atoms with van der Waals surface area (Å²) in [7, 11) is 2.14. The summed E-state index contributed by atoms with van der Waals surface area (Å²) in [5, 5.41) is 9.87. The number of benzene rings is 1. The minimum atomic E-state index is 0.299. The van der Waals surface area contributed by atoms with Gasteiger partial charge < -0.3 is 9.84 Å². The first-order valence-electron chi connectivity index (χ1n) is 5.87. The standard InChI is InChI=1S/C13H17NO2/c1-14-5-6-16-13-7-9-3-2-4-12(15)10(9)8-11(13)14/h2-4,11,13,15H,5-8H2,1H3. The lowest BCUT2D eigenvalue weighted by Crippen LogP contribution is -2.53. The van der Waals surface area contributed by atoms with Gasteiger partial charge in [-0.05, 0) is 30.7 Å². The van der Waals surface area contributed by atoms with E-state index in [1.165, 1.54) is 5.56 Å². The SMILES string of the molecule is CN1CCOC2Cc3cccc(O)c3CC21. The smallest absolute Gasteiger partial charge is 0.119 e. The molecular formula is C13H17NO2. The molecule has 0 radical (unpaired) electrons. The van der Waals surface area contributed by atoms with Crippen molar-refractivity contribution in [3.05, 3.63) is 29.3 Å². The van der Waals surface area contributed by atoms with Crippen molar-refractivity contribution in [3.63, 3.8) is 0 Å². The highest BCUT2D eigenvalue weighted by Gasteiger charge is 2.35. The largest absolute Gasteiger partial charge is 0.508 e. The Morgan fingerprint density at radius 1 is 1.38 bits per heavy atom. The minimum absolute atomic E-state index is 0.299. The first kappa shape index (κ1) is 10.1. The van der Waals surface area contributed by atoms with Gasteiger partial charge in [-0.1, -0.05) is 12.1 Å². The number of morpholine rings is 1. The average molecular weight is 219 g/mol. The fourth-order valence-corrected chi connectivity index (χ4v) is 2.86. The maximum Gasteiger partial charge on any atom is 0.119 e. The number of aromatic hydroxyl groups is 1. The quantitative estimate of drug-likeness (QED) is 0.711. The molecular weight excluding hydrogens is 202 g/mol. The summed E-state index contributed by atoms with van der Waals surface area (Å²) >= 11 is 0. The van der Waals surface area contributed by atoms with Gasteiger partial charge in [-0.15, -0.1) is 0 Å². The van der Waals surface area contributed by atoms with Crippen molar-refractivity contribution >= 4 is 0 Å². The van der Waals surface area contributed by atoms with Crippen LogP contribution in [0.1, 0.15) is 11.1 Å². The van der Waals surface area contributed by atoms with Crippen LogP contribution in [0.2, 0.25) is 0 Å². The Kier molecular flexibility index (Phi) is 2.37. The number of phenolic OH excluding ortho intramolecular Hbond substituents is 1. The van der Waals surface area contributed by atoms with Gasteiger partial charge in [0.25, 0.3) is 0 Å². The van der Waals surface area contributed by atoms with E-state index in [1.54, 1.807) is 6.07 Å². The Balaban J connectivity index is 1.96. The van der Waals surface area contributed by atoms with Crippen molar-refractivity contribution in [2.75, 3.05) is 20.2 Å². The van der Waals surface area contributed by atoms with Crippen LogP contribution in [-0.4, -0.2) is 42.4 Å². The van der Waals surface area contributed by atoms with Crippen LogP contribution in [-0.2, 0) is 17.6 Å². The third-order valence-corrected chi connectivity index (χ3v) is 3.85. The normalized spacial score (nSPS) is 29.6. The van der Waals surface area contributed by atoms with E-state index in [0.717, 1.165) is 31.6 Å². The summed E-state index contributed by atoms with van der Waals surface area (Å²) in [5.74, 6) is 0.440.